The van der Waals surface area contributed by atoms with Crippen LogP contribution < -0.4 is 10.6 Å². The molecule has 0 aliphatic carbocycles. The molecule has 2 aliphatic rings. The maximum absolute atomic E-state index is 12.7. The van der Waals surface area contributed by atoms with Gasteiger partial charge in [0, 0.05) is 5.69 Å². The summed E-state index contributed by atoms with van der Waals surface area (Å²) in [5.74, 6) is -0.351. The van der Waals surface area contributed by atoms with Gasteiger partial charge in [0.1, 0.15) is 0 Å². The van der Waals surface area contributed by atoms with Gasteiger partial charge in [0.2, 0.25) is 5.91 Å². The molecule has 0 bridgehead atoms. The molecule has 4 N–H and O–H groups in total. The van der Waals surface area contributed by atoms with Crippen LogP contribution in [0, 0.1) is 0 Å². The summed E-state index contributed by atoms with van der Waals surface area (Å²) in [4.78, 5) is 12.7. The third kappa shape index (κ3) is 2.08. The fraction of sp³-hybridized carbons (Fsp3) is 0.235. The number of carbonyl (C=O) groups is 1. The summed E-state index contributed by atoms with van der Waals surface area (Å²) in [6, 6.07) is 12.2. The van der Waals surface area contributed by atoms with Crippen molar-refractivity contribution in [1.29, 1.82) is 0 Å². The number of phenols is 2. The molecular formula is C17H17ClN2O3. The highest BCUT2D eigenvalue weighted by atomic mass is 35.5. The number of anilines is 1. The van der Waals surface area contributed by atoms with Crippen LogP contribution in [0.15, 0.2) is 42.5 Å². The Labute approximate surface area is 139 Å². The van der Waals surface area contributed by atoms with E-state index in [9.17, 15) is 15.0 Å². The van der Waals surface area contributed by atoms with Gasteiger partial charge in [0.05, 0.1) is 11.5 Å². The first-order valence-corrected chi connectivity index (χ1v) is 7.29. The van der Waals surface area contributed by atoms with E-state index in [-0.39, 0.29) is 35.9 Å². The fourth-order valence-corrected chi connectivity index (χ4v) is 3.73. The molecule has 1 amide bonds. The van der Waals surface area contributed by atoms with E-state index in [0.29, 0.717) is 13.0 Å². The molecule has 2 aliphatic heterocycles. The van der Waals surface area contributed by atoms with E-state index in [1.807, 2.05) is 24.3 Å². The normalized spacial score (nSPS) is 25.0. The van der Waals surface area contributed by atoms with E-state index in [0.717, 1.165) is 16.8 Å². The van der Waals surface area contributed by atoms with Crippen molar-refractivity contribution in [2.45, 2.75) is 17.9 Å². The molecule has 23 heavy (non-hydrogen) atoms. The number of phenolic OH excluding ortho intramolecular Hbond substituents is 2. The highest BCUT2D eigenvalue weighted by Crippen LogP contribution is 2.51. The van der Waals surface area contributed by atoms with E-state index < -0.39 is 5.41 Å². The van der Waals surface area contributed by atoms with Gasteiger partial charge in [-0.25, -0.2) is 0 Å². The summed E-state index contributed by atoms with van der Waals surface area (Å²) < 4.78 is 0. The van der Waals surface area contributed by atoms with Crippen LogP contribution >= 0.6 is 12.4 Å². The number of fused-ring (bicyclic) bond motifs is 2. The topological polar surface area (TPSA) is 81.6 Å². The zero-order chi connectivity index (χ0) is 15.3. The Morgan fingerprint density at radius 1 is 1.09 bits per heavy atom. The minimum Gasteiger partial charge on any atom is -0.504 e. The van der Waals surface area contributed by atoms with Crippen LogP contribution in [0.5, 0.6) is 11.5 Å². The van der Waals surface area contributed by atoms with Crippen LogP contribution in [0.3, 0.4) is 0 Å². The molecule has 4 rings (SSSR count). The third-order valence-electron chi connectivity index (χ3n) is 4.75. The number of benzene rings is 2. The second-order valence-electron chi connectivity index (χ2n) is 5.86. The Kier molecular flexibility index (Phi) is 3.70. The van der Waals surface area contributed by atoms with Crippen molar-refractivity contribution >= 4 is 24.0 Å². The van der Waals surface area contributed by atoms with Crippen molar-refractivity contribution in [3.8, 4) is 11.5 Å². The van der Waals surface area contributed by atoms with Crippen LogP contribution in [0.1, 0.15) is 23.6 Å². The molecule has 5 nitrogen and oxygen atoms in total. The van der Waals surface area contributed by atoms with Gasteiger partial charge in [0.25, 0.3) is 0 Å². The van der Waals surface area contributed by atoms with Crippen molar-refractivity contribution < 1.29 is 15.0 Å². The van der Waals surface area contributed by atoms with Crippen molar-refractivity contribution in [1.82, 2.24) is 5.32 Å². The average molecular weight is 333 g/mol. The number of para-hydroxylation sites is 1. The third-order valence-corrected chi connectivity index (χ3v) is 4.75. The minimum absolute atomic E-state index is 0. The predicted octanol–water partition coefficient (Wildman–Crippen LogP) is 2.44. The number of nitrogens with one attached hydrogen (secondary N) is 2. The molecule has 2 heterocycles. The lowest BCUT2D eigenvalue weighted by Gasteiger charge is -2.29. The van der Waals surface area contributed by atoms with Crippen LogP contribution in [0.2, 0.25) is 0 Å². The van der Waals surface area contributed by atoms with Crippen LogP contribution in [0.4, 0.5) is 5.69 Å². The van der Waals surface area contributed by atoms with Gasteiger partial charge in [-0.15, -0.1) is 12.4 Å². The Morgan fingerprint density at radius 2 is 1.87 bits per heavy atom. The first-order chi connectivity index (χ1) is 10.6. The summed E-state index contributed by atoms with van der Waals surface area (Å²) >= 11 is 0. The standard InChI is InChI=1S/C17H16N2O3.ClH/c20-13-6-5-10(9-14(13)21)15-17(7-8-18-15)11-3-1-2-4-12(11)19-16(17)22;/h1-6,9,15,18,20-21H,7-8H2,(H,19,22);1H. The van der Waals surface area contributed by atoms with E-state index in [4.69, 9.17) is 0 Å². The molecule has 0 saturated carbocycles. The highest BCUT2D eigenvalue weighted by Gasteiger charge is 2.55. The second kappa shape index (κ2) is 5.44. The number of carbonyl (C=O) groups excluding carboxylic acids is 1. The zero-order valence-electron chi connectivity index (χ0n) is 12.2. The summed E-state index contributed by atoms with van der Waals surface area (Å²) in [5, 5.41) is 25.6. The molecule has 0 aromatic heterocycles. The second-order valence-corrected chi connectivity index (χ2v) is 5.86. The molecule has 1 fully saturated rings. The lowest BCUT2D eigenvalue weighted by Crippen LogP contribution is -2.39. The molecule has 2 unspecified atom stereocenters. The van der Waals surface area contributed by atoms with E-state index in [1.165, 1.54) is 12.1 Å². The Balaban J connectivity index is 0.00000156. The number of amides is 1. The summed E-state index contributed by atoms with van der Waals surface area (Å²) in [5.41, 5.74) is 1.96. The summed E-state index contributed by atoms with van der Waals surface area (Å²) in [7, 11) is 0. The monoisotopic (exact) mass is 332 g/mol. The predicted molar refractivity (Wildman–Crippen MR) is 89.1 cm³/mol. The number of hydrogen-bond acceptors (Lipinski definition) is 4. The number of rotatable bonds is 1. The van der Waals surface area contributed by atoms with Crippen molar-refractivity contribution in [3.05, 3.63) is 53.6 Å². The Bertz CT molecular complexity index is 780. The number of hydrogen-bond donors (Lipinski definition) is 4. The first kappa shape index (κ1) is 15.6. The number of aromatic hydroxyl groups is 2. The lowest BCUT2D eigenvalue weighted by atomic mass is 9.73. The van der Waals surface area contributed by atoms with Crippen LogP contribution in [-0.2, 0) is 10.2 Å². The van der Waals surface area contributed by atoms with Crippen molar-refractivity contribution in [2.75, 3.05) is 11.9 Å². The van der Waals surface area contributed by atoms with Gasteiger partial charge in [-0.1, -0.05) is 24.3 Å². The smallest absolute Gasteiger partial charge is 0.237 e. The van der Waals surface area contributed by atoms with Gasteiger partial charge >= 0.3 is 0 Å². The van der Waals surface area contributed by atoms with Gasteiger partial charge in [-0.3, -0.25) is 4.79 Å². The fourth-order valence-electron chi connectivity index (χ4n) is 3.73. The molecule has 6 heteroatoms. The highest BCUT2D eigenvalue weighted by molar-refractivity contribution is 6.07. The molecule has 2 atom stereocenters. The molecule has 1 saturated heterocycles. The Hall–Kier alpha value is -2.24. The quantitative estimate of drug-likeness (QED) is 0.605. The Morgan fingerprint density at radius 3 is 2.65 bits per heavy atom. The maximum atomic E-state index is 12.7. The molecule has 2 aromatic rings. The average Bonchev–Trinajstić information content (AvgIpc) is 3.07. The van der Waals surface area contributed by atoms with Crippen molar-refractivity contribution in [2.24, 2.45) is 0 Å². The molecule has 0 radical (unpaired) electrons. The van der Waals surface area contributed by atoms with Gasteiger partial charge in [0.15, 0.2) is 11.5 Å². The SMILES string of the molecule is Cl.O=C1Nc2ccccc2C12CCNC2c1ccc(O)c(O)c1. The van der Waals surface area contributed by atoms with Crippen LogP contribution in [0.25, 0.3) is 0 Å². The summed E-state index contributed by atoms with van der Waals surface area (Å²) in [6.07, 6.45) is 0.697. The molecule has 120 valence electrons. The van der Waals surface area contributed by atoms with Crippen molar-refractivity contribution in [3.63, 3.8) is 0 Å². The molecule has 1 spiro atoms. The molecule has 2 aromatic carbocycles. The summed E-state index contributed by atoms with van der Waals surface area (Å²) in [6.45, 7) is 0.716. The van der Waals surface area contributed by atoms with Crippen LogP contribution in [-0.4, -0.2) is 22.7 Å². The van der Waals surface area contributed by atoms with Gasteiger partial charge < -0.3 is 20.8 Å². The zero-order valence-corrected chi connectivity index (χ0v) is 13.1. The minimum atomic E-state index is -0.667. The van der Waals surface area contributed by atoms with E-state index >= 15 is 0 Å². The lowest BCUT2D eigenvalue weighted by molar-refractivity contribution is -0.121. The first-order valence-electron chi connectivity index (χ1n) is 7.29. The van der Waals surface area contributed by atoms with E-state index in [1.54, 1.807) is 6.07 Å². The number of halogens is 1. The molecular weight excluding hydrogens is 316 g/mol. The maximum Gasteiger partial charge on any atom is 0.237 e. The largest absolute Gasteiger partial charge is 0.504 e. The van der Waals surface area contributed by atoms with Gasteiger partial charge in [-0.05, 0) is 42.3 Å². The van der Waals surface area contributed by atoms with Gasteiger partial charge in [-0.2, -0.15) is 0 Å². The van der Waals surface area contributed by atoms with E-state index in [2.05, 4.69) is 10.6 Å².